The summed E-state index contributed by atoms with van der Waals surface area (Å²) in [5.41, 5.74) is 7.54. The van der Waals surface area contributed by atoms with E-state index in [4.69, 9.17) is 9.40 Å². The molecule has 0 atom stereocenters. The molecular formula is C24H27N2O+. The molecule has 0 bridgehead atoms. The van der Waals surface area contributed by atoms with Gasteiger partial charge in [-0.15, -0.1) is 0 Å². The summed E-state index contributed by atoms with van der Waals surface area (Å²) in [6.07, 6.45) is 3.14. The summed E-state index contributed by atoms with van der Waals surface area (Å²) in [5, 5.41) is 2.20. The quantitative estimate of drug-likeness (QED) is 0.433. The molecule has 0 unspecified atom stereocenters. The summed E-state index contributed by atoms with van der Waals surface area (Å²) in [6.45, 7) is 10.9. The average molecular weight is 359 g/mol. The Kier molecular flexibility index (Phi) is 4.06. The SMILES string of the molecule is CCc1cc[n+](C)c(-c2c(C)ccc3c2oc2nc(C(C)(C)C)ccc23)c1. The number of nitrogens with zero attached hydrogens (tertiary/aromatic N) is 2. The van der Waals surface area contributed by atoms with Crippen LogP contribution in [-0.4, -0.2) is 4.98 Å². The van der Waals surface area contributed by atoms with E-state index in [1.165, 1.54) is 16.8 Å². The van der Waals surface area contributed by atoms with Gasteiger partial charge in [0.2, 0.25) is 11.4 Å². The molecule has 138 valence electrons. The first-order chi connectivity index (χ1) is 12.8. The zero-order chi connectivity index (χ0) is 19.3. The van der Waals surface area contributed by atoms with Crippen molar-refractivity contribution in [3.05, 3.63) is 59.4 Å². The Morgan fingerprint density at radius 3 is 2.48 bits per heavy atom. The van der Waals surface area contributed by atoms with Crippen molar-refractivity contribution in [1.82, 2.24) is 4.98 Å². The molecule has 3 heterocycles. The molecule has 4 aromatic rings. The number of pyridine rings is 2. The predicted octanol–water partition coefficient (Wildman–Crippen LogP) is 5.64. The van der Waals surface area contributed by atoms with Crippen molar-refractivity contribution in [1.29, 1.82) is 0 Å². The first-order valence-corrected chi connectivity index (χ1v) is 9.62. The van der Waals surface area contributed by atoms with Gasteiger partial charge in [-0.2, -0.15) is 0 Å². The topological polar surface area (TPSA) is 29.9 Å². The third kappa shape index (κ3) is 2.91. The van der Waals surface area contributed by atoms with Crippen LogP contribution >= 0.6 is 0 Å². The van der Waals surface area contributed by atoms with Gasteiger partial charge in [0.1, 0.15) is 7.05 Å². The van der Waals surface area contributed by atoms with Crippen LogP contribution in [0.1, 0.15) is 44.5 Å². The van der Waals surface area contributed by atoms with Crippen molar-refractivity contribution in [2.75, 3.05) is 0 Å². The highest BCUT2D eigenvalue weighted by Crippen LogP contribution is 2.37. The maximum absolute atomic E-state index is 6.36. The maximum atomic E-state index is 6.36. The second kappa shape index (κ2) is 6.19. The summed E-state index contributed by atoms with van der Waals surface area (Å²) < 4.78 is 8.53. The zero-order valence-electron chi connectivity index (χ0n) is 17.1. The second-order valence-electron chi connectivity index (χ2n) is 8.42. The van der Waals surface area contributed by atoms with Crippen LogP contribution in [0.3, 0.4) is 0 Å². The lowest BCUT2D eigenvalue weighted by molar-refractivity contribution is -0.660. The largest absolute Gasteiger partial charge is 0.437 e. The standard InChI is InChI=1S/C24H27N2O/c1-7-16-12-13-26(6)19(14-16)21-15(2)8-9-17-18-10-11-20(24(3,4)5)25-23(18)27-22(17)21/h8-14H,7H2,1-6H3/q+1. The van der Waals surface area contributed by atoms with E-state index in [0.29, 0.717) is 0 Å². The molecular weight excluding hydrogens is 332 g/mol. The van der Waals surface area contributed by atoms with Gasteiger partial charge in [0.05, 0.1) is 5.56 Å². The number of fused-ring (bicyclic) bond motifs is 3. The van der Waals surface area contributed by atoms with E-state index < -0.39 is 0 Å². The molecule has 0 radical (unpaired) electrons. The second-order valence-corrected chi connectivity index (χ2v) is 8.42. The lowest BCUT2D eigenvalue weighted by atomic mass is 9.91. The number of hydrogen-bond donors (Lipinski definition) is 0. The predicted molar refractivity (Wildman–Crippen MR) is 111 cm³/mol. The summed E-state index contributed by atoms with van der Waals surface area (Å²) in [5.74, 6) is 0. The van der Waals surface area contributed by atoms with Crippen LogP contribution in [-0.2, 0) is 18.9 Å². The average Bonchev–Trinajstić information content (AvgIpc) is 2.99. The molecule has 0 N–H and O–H groups in total. The molecule has 0 aliphatic rings. The Morgan fingerprint density at radius 2 is 1.78 bits per heavy atom. The van der Waals surface area contributed by atoms with Gasteiger partial charge in [-0.1, -0.05) is 39.8 Å². The molecule has 3 aromatic heterocycles. The number of rotatable bonds is 2. The fourth-order valence-electron chi connectivity index (χ4n) is 3.64. The van der Waals surface area contributed by atoms with Gasteiger partial charge in [0.25, 0.3) is 0 Å². The highest BCUT2D eigenvalue weighted by Gasteiger charge is 2.23. The highest BCUT2D eigenvalue weighted by atomic mass is 16.3. The van der Waals surface area contributed by atoms with Crippen molar-refractivity contribution in [2.24, 2.45) is 7.05 Å². The van der Waals surface area contributed by atoms with Gasteiger partial charge < -0.3 is 4.42 Å². The first kappa shape index (κ1) is 17.7. The van der Waals surface area contributed by atoms with Crippen LogP contribution < -0.4 is 4.57 Å². The number of benzene rings is 1. The summed E-state index contributed by atoms with van der Waals surface area (Å²) in [4.78, 5) is 4.83. The van der Waals surface area contributed by atoms with Gasteiger partial charge in [0.15, 0.2) is 11.8 Å². The Morgan fingerprint density at radius 1 is 1.04 bits per heavy atom. The molecule has 0 aliphatic heterocycles. The van der Waals surface area contributed by atoms with Crippen molar-refractivity contribution >= 4 is 22.1 Å². The third-order valence-electron chi connectivity index (χ3n) is 5.36. The highest BCUT2D eigenvalue weighted by molar-refractivity contribution is 6.08. The minimum atomic E-state index is -0.00614. The van der Waals surface area contributed by atoms with E-state index >= 15 is 0 Å². The van der Waals surface area contributed by atoms with Crippen molar-refractivity contribution in [3.8, 4) is 11.3 Å². The number of hydrogen-bond acceptors (Lipinski definition) is 2. The number of aryl methyl sites for hydroxylation is 3. The van der Waals surface area contributed by atoms with E-state index in [9.17, 15) is 0 Å². The molecule has 27 heavy (non-hydrogen) atoms. The van der Waals surface area contributed by atoms with E-state index in [2.05, 4.69) is 88.8 Å². The molecule has 0 saturated carbocycles. The molecule has 0 spiro atoms. The summed E-state index contributed by atoms with van der Waals surface area (Å²) in [6, 6.07) is 13.0. The minimum absolute atomic E-state index is 0.00614. The Labute approximate surface area is 160 Å². The third-order valence-corrected chi connectivity index (χ3v) is 5.36. The van der Waals surface area contributed by atoms with Gasteiger partial charge >= 0.3 is 0 Å². The van der Waals surface area contributed by atoms with Crippen LogP contribution in [0.2, 0.25) is 0 Å². The van der Waals surface area contributed by atoms with Gasteiger partial charge in [0, 0.05) is 34.0 Å². The van der Waals surface area contributed by atoms with Crippen molar-refractivity contribution in [3.63, 3.8) is 0 Å². The lowest BCUT2D eigenvalue weighted by Gasteiger charge is -2.16. The van der Waals surface area contributed by atoms with Gasteiger partial charge in [-0.05, 0) is 36.6 Å². The maximum Gasteiger partial charge on any atom is 0.227 e. The molecule has 1 aromatic carbocycles. The molecule has 0 aliphatic carbocycles. The Hall–Kier alpha value is -2.68. The van der Waals surface area contributed by atoms with E-state index in [1.54, 1.807) is 0 Å². The van der Waals surface area contributed by atoms with Crippen LogP contribution in [0.25, 0.3) is 33.3 Å². The Bertz CT molecular complexity index is 1160. The molecule has 0 fully saturated rings. The zero-order valence-corrected chi connectivity index (χ0v) is 17.1. The monoisotopic (exact) mass is 359 g/mol. The fraction of sp³-hybridized carbons (Fsp3) is 0.333. The summed E-state index contributed by atoms with van der Waals surface area (Å²) in [7, 11) is 2.09. The van der Waals surface area contributed by atoms with Crippen LogP contribution in [0, 0.1) is 6.92 Å². The first-order valence-electron chi connectivity index (χ1n) is 9.62. The van der Waals surface area contributed by atoms with Crippen molar-refractivity contribution in [2.45, 2.75) is 46.5 Å². The Balaban J connectivity index is 2.05. The van der Waals surface area contributed by atoms with Crippen LogP contribution in [0.4, 0.5) is 0 Å². The van der Waals surface area contributed by atoms with E-state index in [-0.39, 0.29) is 5.41 Å². The van der Waals surface area contributed by atoms with Crippen molar-refractivity contribution < 1.29 is 8.98 Å². The normalized spacial score (nSPS) is 12.2. The molecule has 3 heteroatoms. The minimum Gasteiger partial charge on any atom is -0.437 e. The molecule has 4 rings (SSSR count). The molecule has 0 saturated heterocycles. The van der Waals surface area contributed by atoms with Gasteiger partial charge in [-0.25, -0.2) is 9.55 Å². The lowest BCUT2D eigenvalue weighted by Crippen LogP contribution is -2.30. The molecule has 0 amide bonds. The van der Waals surface area contributed by atoms with E-state index in [0.717, 1.165) is 39.7 Å². The number of aromatic nitrogens is 2. The van der Waals surface area contributed by atoms with E-state index in [1.807, 2.05) is 0 Å². The molecule has 3 nitrogen and oxygen atoms in total. The smallest absolute Gasteiger partial charge is 0.227 e. The van der Waals surface area contributed by atoms with Crippen LogP contribution in [0.5, 0.6) is 0 Å². The van der Waals surface area contributed by atoms with Gasteiger partial charge in [-0.3, -0.25) is 0 Å². The van der Waals surface area contributed by atoms with Crippen LogP contribution in [0.15, 0.2) is 47.0 Å². The fourth-order valence-corrected chi connectivity index (χ4v) is 3.64. The summed E-state index contributed by atoms with van der Waals surface area (Å²) >= 11 is 0. The number of furan rings is 1.